The molecule has 1 aliphatic carbocycles. The van der Waals surface area contributed by atoms with Gasteiger partial charge in [-0.1, -0.05) is 38.3 Å². The third kappa shape index (κ3) is 3.50. The average Bonchev–Trinajstić information content (AvgIpc) is 2.49. The van der Waals surface area contributed by atoms with Gasteiger partial charge in [-0.3, -0.25) is 0 Å². The van der Waals surface area contributed by atoms with Crippen molar-refractivity contribution in [1.82, 2.24) is 5.32 Å². The largest absolute Gasteiger partial charge is 0.497 e. The minimum atomic E-state index is 0.466. The van der Waals surface area contributed by atoms with E-state index in [1.165, 1.54) is 37.7 Å². The maximum Gasteiger partial charge on any atom is 0.119 e. The maximum atomic E-state index is 5.34. The van der Waals surface area contributed by atoms with Gasteiger partial charge >= 0.3 is 0 Å². The average molecular weight is 261 g/mol. The molecule has 19 heavy (non-hydrogen) atoms. The fraction of sp³-hybridized carbons (Fsp3) is 0.647. The van der Waals surface area contributed by atoms with Gasteiger partial charge in [0.1, 0.15) is 5.75 Å². The Morgan fingerprint density at radius 1 is 1.26 bits per heavy atom. The normalized spacial score (nSPS) is 25.0. The number of nitrogens with one attached hydrogen (secondary N) is 1. The standard InChI is InChI=1S/C17H27NO/c1-4-13-8-10-14(11-9-13)17(18-2)15-6-5-7-16(12-15)19-3/h5-7,12-14,17-18H,4,8-11H2,1-3H3. The first-order valence-electron chi connectivity index (χ1n) is 7.59. The fourth-order valence-electron chi connectivity index (χ4n) is 3.44. The molecule has 1 aromatic rings. The van der Waals surface area contributed by atoms with Crippen LogP contribution in [-0.4, -0.2) is 14.2 Å². The highest BCUT2D eigenvalue weighted by Gasteiger charge is 2.27. The smallest absolute Gasteiger partial charge is 0.119 e. The molecule has 1 saturated carbocycles. The lowest BCUT2D eigenvalue weighted by atomic mass is 9.76. The van der Waals surface area contributed by atoms with Crippen LogP contribution in [0.5, 0.6) is 5.75 Å². The summed E-state index contributed by atoms with van der Waals surface area (Å²) in [5, 5.41) is 3.52. The van der Waals surface area contributed by atoms with Crippen molar-refractivity contribution in [2.75, 3.05) is 14.2 Å². The Kier molecular flexibility index (Phi) is 5.26. The fourth-order valence-corrected chi connectivity index (χ4v) is 3.44. The van der Waals surface area contributed by atoms with E-state index >= 15 is 0 Å². The number of ether oxygens (including phenoxy) is 1. The first kappa shape index (κ1) is 14.4. The van der Waals surface area contributed by atoms with Crippen LogP contribution in [0, 0.1) is 11.8 Å². The minimum absolute atomic E-state index is 0.466. The number of benzene rings is 1. The summed E-state index contributed by atoms with van der Waals surface area (Å²) in [5.74, 6) is 2.68. The summed E-state index contributed by atoms with van der Waals surface area (Å²) in [7, 11) is 3.82. The number of methoxy groups -OCH3 is 1. The Balaban J connectivity index is 2.07. The summed E-state index contributed by atoms with van der Waals surface area (Å²) < 4.78 is 5.34. The SMILES string of the molecule is CCC1CCC(C(NC)c2cccc(OC)c2)CC1. The van der Waals surface area contributed by atoms with Crippen molar-refractivity contribution >= 4 is 0 Å². The summed E-state index contributed by atoms with van der Waals surface area (Å²) in [4.78, 5) is 0. The van der Waals surface area contributed by atoms with E-state index in [1.54, 1.807) is 7.11 Å². The highest BCUT2D eigenvalue weighted by atomic mass is 16.5. The van der Waals surface area contributed by atoms with Gasteiger partial charge in [-0.05, 0) is 49.4 Å². The molecule has 1 atom stereocenters. The Bertz CT molecular complexity index is 383. The molecule has 1 aliphatic rings. The number of hydrogen-bond donors (Lipinski definition) is 1. The second-order valence-electron chi connectivity index (χ2n) is 5.73. The van der Waals surface area contributed by atoms with Crippen molar-refractivity contribution in [3.8, 4) is 5.75 Å². The van der Waals surface area contributed by atoms with Crippen molar-refractivity contribution in [2.45, 2.75) is 45.1 Å². The van der Waals surface area contributed by atoms with Gasteiger partial charge in [0.25, 0.3) is 0 Å². The predicted molar refractivity (Wildman–Crippen MR) is 80.5 cm³/mol. The summed E-state index contributed by atoms with van der Waals surface area (Å²) in [5.41, 5.74) is 1.36. The Morgan fingerprint density at radius 3 is 2.58 bits per heavy atom. The predicted octanol–water partition coefficient (Wildman–Crippen LogP) is 4.17. The van der Waals surface area contributed by atoms with Gasteiger partial charge in [0.2, 0.25) is 0 Å². The van der Waals surface area contributed by atoms with E-state index in [1.807, 2.05) is 6.07 Å². The molecule has 1 fully saturated rings. The molecule has 1 aromatic carbocycles. The second-order valence-corrected chi connectivity index (χ2v) is 5.73. The van der Waals surface area contributed by atoms with Crippen LogP contribution in [0.1, 0.15) is 50.6 Å². The molecule has 1 N–H and O–H groups in total. The molecule has 0 radical (unpaired) electrons. The van der Waals surface area contributed by atoms with Gasteiger partial charge in [0.05, 0.1) is 7.11 Å². The molecule has 106 valence electrons. The lowest BCUT2D eigenvalue weighted by molar-refractivity contribution is 0.224. The van der Waals surface area contributed by atoms with Crippen molar-refractivity contribution in [3.05, 3.63) is 29.8 Å². The zero-order chi connectivity index (χ0) is 13.7. The van der Waals surface area contributed by atoms with Crippen LogP contribution in [-0.2, 0) is 0 Å². The molecule has 0 heterocycles. The van der Waals surface area contributed by atoms with E-state index in [2.05, 4.69) is 37.5 Å². The first-order valence-corrected chi connectivity index (χ1v) is 7.59. The quantitative estimate of drug-likeness (QED) is 0.859. The van der Waals surface area contributed by atoms with Crippen molar-refractivity contribution in [3.63, 3.8) is 0 Å². The first-order chi connectivity index (χ1) is 9.28. The highest BCUT2D eigenvalue weighted by Crippen LogP contribution is 2.38. The van der Waals surface area contributed by atoms with E-state index in [-0.39, 0.29) is 0 Å². The molecule has 2 nitrogen and oxygen atoms in total. The van der Waals surface area contributed by atoms with Crippen LogP contribution < -0.4 is 10.1 Å². The Morgan fingerprint density at radius 2 is 2.00 bits per heavy atom. The molecule has 0 amide bonds. The van der Waals surface area contributed by atoms with Gasteiger partial charge in [-0.25, -0.2) is 0 Å². The maximum absolute atomic E-state index is 5.34. The summed E-state index contributed by atoms with van der Waals surface area (Å²) in [6.07, 6.45) is 6.82. The molecular weight excluding hydrogens is 234 g/mol. The molecule has 1 unspecified atom stereocenters. The molecule has 2 rings (SSSR count). The van der Waals surface area contributed by atoms with Crippen molar-refractivity contribution in [2.24, 2.45) is 11.8 Å². The van der Waals surface area contributed by atoms with E-state index < -0.39 is 0 Å². The van der Waals surface area contributed by atoms with Gasteiger partial charge in [0.15, 0.2) is 0 Å². The van der Waals surface area contributed by atoms with Crippen LogP contribution in [0.4, 0.5) is 0 Å². The Labute approximate surface area is 117 Å². The molecule has 2 heteroatoms. The number of hydrogen-bond acceptors (Lipinski definition) is 2. The van der Waals surface area contributed by atoms with Gasteiger partial charge in [-0.15, -0.1) is 0 Å². The zero-order valence-electron chi connectivity index (χ0n) is 12.5. The van der Waals surface area contributed by atoms with E-state index in [9.17, 15) is 0 Å². The van der Waals surface area contributed by atoms with E-state index in [4.69, 9.17) is 4.74 Å². The van der Waals surface area contributed by atoms with Crippen LogP contribution >= 0.6 is 0 Å². The number of rotatable bonds is 5. The summed E-state index contributed by atoms with van der Waals surface area (Å²) in [6.45, 7) is 2.32. The third-order valence-corrected chi connectivity index (χ3v) is 4.70. The highest BCUT2D eigenvalue weighted by molar-refractivity contribution is 5.31. The van der Waals surface area contributed by atoms with Crippen LogP contribution in [0.25, 0.3) is 0 Å². The van der Waals surface area contributed by atoms with E-state index in [0.29, 0.717) is 6.04 Å². The lowest BCUT2D eigenvalue weighted by Gasteiger charge is -2.34. The second kappa shape index (κ2) is 6.95. The molecular formula is C17H27NO. The van der Waals surface area contributed by atoms with Crippen LogP contribution in [0.2, 0.25) is 0 Å². The van der Waals surface area contributed by atoms with Gasteiger partial charge in [0, 0.05) is 6.04 Å². The van der Waals surface area contributed by atoms with Gasteiger partial charge < -0.3 is 10.1 Å². The molecule has 0 bridgehead atoms. The van der Waals surface area contributed by atoms with Crippen molar-refractivity contribution in [1.29, 1.82) is 0 Å². The Hall–Kier alpha value is -1.02. The zero-order valence-corrected chi connectivity index (χ0v) is 12.5. The molecule has 0 aliphatic heterocycles. The lowest BCUT2D eigenvalue weighted by Crippen LogP contribution is -2.28. The van der Waals surface area contributed by atoms with Crippen molar-refractivity contribution < 1.29 is 4.74 Å². The molecule has 0 spiro atoms. The molecule has 0 saturated heterocycles. The van der Waals surface area contributed by atoms with Crippen LogP contribution in [0.3, 0.4) is 0 Å². The monoisotopic (exact) mass is 261 g/mol. The summed E-state index contributed by atoms with van der Waals surface area (Å²) in [6, 6.07) is 8.97. The minimum Gasteiger partial charge on any atom is -0.497 e. The van der Waals surface area contributed by atoms with Crippen LogP contribution in [0.15, 0.2) is 24.3 Å². The van der Waals surface area contributed by atoms with Gasteiger partial charge in [-0.2, -0.15) is 0 Å². The molecule has 0 aromatic heterocycles. The van der Waals surface area contributed by atoms with E-state index in [0.717, 1.165) is 17.6 Å². The topological polar surface area (TPSA) is 21.3 Å². The summed E-state index contributed by atoms with van der Waals surface area (Å²) >= 11 is 0. The third-order valence-electron chi connectivity index (χ3n) is 4.70.